The molecule has 1 aromatic heterocycles. The van der Waals surface area contributed by atoms with Crippen molar-refractivity contribution in [1.82, 2.24) is 14.8 Å². The van der Waals surface area contributed by atoms with Crippen LogP contribution >= 0.6 is 11.6 Å². The average molecular weight is 347 g/mol. The van der Waals surface area contributed by atoms with Crippen molar-refractivity contribution in [3.8, 4) is 6.07 Å². The van der Waals surface area contributed by atoms with Crippen molar-refractivity contribution >= 4 is 17.6 Å². The summed E-state index contributed by atoms with van der Waals surface area (Å²) in [6, 6.07) is 9.71. The predicted octanol–water partition coefficient (Wildman–Crippen LogP) is 3.43. The molecule has 6 nitrogen and oxygen atoms in total. The second kappa shape index (κ2) is 8.46. The summed E-state index contributed by atoms with van der Waals surface area (Å²) in [5.41, 5.74) is 0.129. The molecule has 0 amide bonds. The van der Waals surface area contributed by atoms with Crippen LogP contribution in [0.4, 0.5) is 0 Å². The van der Waals surface area contributed by atoms with Crippen LogP contribution in [0, 0.1) is 11.3 Å². The Labute approximate surface area is 145 Å². The van der Waals surface area contributed by atoms with Gasteiger partial charge in [-0.15, -0.1) is 0 Å². The molecule has 1 atom stereocenters. The summed E-state index contributed by atoms with van der Waals surface area (Å²) in [6.45, 7) is 0.393. The van der Waals surface area contributed by atoms with Crippen molar-refractivity contribution < 1.29 is 9.90 Å². The maximum Gasteiger partial charge on any atom is 0.303 e. The van der Waals surface area contributed by atoms with Gasteiger partial charge in [0, 0.05) is 11.4 Å². The highest BCUT2D eigenvalue weighted by Crippen LogP contribution is 2.32. The summed E-state index contributed by atoms with van der Waals surface area (Å²) < 4.78 is 1.65. The van der Waals surface area contributed by atoms with Crippen molar-refractivity contribution in [2.24, 2.45) is 0 Å². The van der Waals surface area contributed by atoms with E-state index in [2.05, 4.69) is 16.2 Å². The molecule has 7 heteroatoms. The van der Waals surface area contributed by atoms with Crippen LogP contribution in [0.2, 0.25) is 5.02 Å². The van der Waals surface area contributed by atoms with Crippen LogP contribution in [0.3, 0.4) is 0 Å². The fraction of sp³-hybridized carbons (Fsp3) is 0.412. The lowest BCUT2D eigenvalue weighted by atomic mass is 9.77. The number of aliphatic carboxylic acids is 1. The first-order chi connectivity index (χ1) is 11.6. The first kappa shape index (κ1) is 18.0. The lowest BCUT2D eigenvalue weighted by Gasteiger charge is -2.27. The molecule has 1 unspecified atom stereocenters. The molecule has 0 fully saturated rings. The Morgan fingerprint density at radius 2 is 2.04 bits per heavy atom. The van der Waals surface area contributed by atoms with E-state index in [0.717, 1.165) is 18.4 Å². The third-order valence-electron chi connectivity index (χ3n) is 4.00. The van der Waals surface area contributed by atoms with Crippen molar-refractivity contribution in [3.05, 3.63) is 47.5 Å². The molecule has 0 spiro atoms. The van der Waals surface area contributed by atoms with Crippen LogP contribution in [-0.2, 0) is 16.8 Å². The number of halogens is 1. The molecule has 2 rings (SSSR count). The van der Waals surface area contributed by atoms with E-state index in [-0.39, 0.29) is 6.42 Å². The van der Waals surface area contributed by atoms with Gasteiger partial charge in [-0.25, -0.2) is 4.98 Å². The monoisotopic (exact) mass is 346 g/mol. The number of carboxylic acids is 1. The minimum Gasteiger partial charge on any atom is -0.481 e. The number of rotatable bonds is 9. The Morgan fingerprint density at radius 3 is 2.62 bits per heavy atom. The molecule has 0 aliphatic heterocycles. The Bertz CT molecular complexity index is 694. The molecule has 1 heterocycles. The average Bonchev–Trinajstić information content (AvgIpc) is 3.06. The Hall–Kier alpha value is -2.39. The molecule has 126 valence electrons. The van der Waals surface area contributed by atoms with Gasteiger partial charge in [0.15, 0.2) is 0 Å². The van der Waals surface area contributed by atoms with Gasteiger partial charge in [-0.2, -0.15) is 10.4 Å². The molecule has 1 N–H and O–H groups in total. The molecule has 0 saturated carbocycles. The molecule has 0 aliphatic carbocycles. The Balaban J connectivity index is 2.14. The lowest BCUT2D eigenvalue weighted by molar-refractivity contribution is -0.137. The van der Waals surface area contributed by atoms with E-state index >= 15 is 0 Å². The minimum atomic E-state index is -0.790. The first-order valence-corrected chi connectivity index (χ1v) is 8.15. The van der Waals surface area contributed by atoms with Crippen molar-refractivity contribution in [2.45, 2.75) is 44.1 Å². The van der Waals surface area contributed by atoms with Gasteiger partial charge in [0.05, 0.1) is 12.6 Å². The quantitative estimate of drug-likeness (QED) is 0.702. The highest BCUT2D eigenvalue weighted by molar-refractivity contribution is 6.30. The Morgan fingerprint density at radius 1 is 1.29 bits per heavy atom. The second-order valence-electron chi connectivity index (χ2n) is 5.75. The Kier molecular flexibility index (Phi) is 6.33. The third-order valence-corrected chi connectivity index (χ3v) is 4.26. The highest BCUT2D eigenvalue weighted by Gasteiger charge is 2.33. The molecule has 0 saturated heterocycles. The van der Waals surface area contributed by atoms with Gasteiger partial charge >= 0.3 is 5.97 Å². The van der Waals surface area contributed by atoms with E-state index in [9.17, 15) is 10.1 Å². The number of benzene rings is 1. The minimum absolute atomic E-state index is 0.156. The van der Waals surface area contributed by atoms with Crippen LogP contribution in [0.15, 0.2) is 36.9 Å². The maximum atomic E-state index is 10.6. The highest BCUT2D eigenvalue weighted by atomic mass is 35.5. The third kappa shape index (κ3) is 4.80. The van der Waals surface area contributed by atoms with E-state index in [1.807, 2.05) is 12.1 Å². The van der Waals surface area contributed by atoms with Crippen LogP contribution in [-0.4, -0.2) is 25.8 Å². The number of nitriles is 1. The van der Waals surface area contributed by atoms with Gasteiger partial charge in [0.2, 0.25) is 0 Å². The molecule has 2 aromatic rings. The van der Waals surface area contributed by atoms with Crippen molar-refractivity contribution in [1.29, 1.82) is 5.26 Å². The lowest BCUT2D eigenvalue weighted by Crippen LogP contribution is -2.30. The molecular weight excluding hydrogens is 328 g/mol. The smallest absolute Gasteiger partial charge is 0.303 e. The summed E-state index contributed by atoms with van der Waals surface area (Å²) in [7, 11) is 0. The van der Waals surface area contributed by atoms with Crippen molar-refractivity contribution in [2.75, 3.05) is 0 Å². The van der Waals surface area contributed by atoms with Crippen molar-refractivity contribution in [3.63, 3.8) is 0 Å². The van der Waals surface area contributed by atoms with E-state index in [1.54, 1.807) is 23.1 Å². The largest absolute Gasteiger partial charge is 0.481 e. The molecule has 1 aromatic carbocycles. The van der Waals surface area contributed by atoms with Crippen LogP contribution in [0.25, 0.3) is 0 Å². The van der Waals surface area contributed by atoms with E-state index in [1.165, 1.54) is 6.33 Å². The summed E-state index contributed by atoms with van der Waals surface area (Å²) in [5, 5.41) is 23.3. The fourth-order valence-electron chi connectivity index (χ4n) is 2.71. The van der Waals surface area contributed by atoms with E-state index in [0.29, 0.717) is 24.4 Å². The standard InChI is InChI=1S/C17H19ClN4O2/c18-15-7-5-14(6-8-15)17(10-19,11-22-13-20-12-21-22)9-3-1-2-4-16(23)24/h5-8,12-13H,1-4,9,11H2,(H,23,24). The molecule has 24 heavy (non-hydrogen) atoms. The number of hydrogen-bond donors (Lipinski definition) is 1. The first-order valence-electron chi connectivity index (χ1n) is 7.77. The van der Waals surface area contributed by atoms with Gasteiger partial charge in [-0.1, -0.05) is 36.6 Å². The zero-order valence-corrected chi connectivity index (χ0v) is 14.0. The number of hydrogen-bond acceptors (Lipinski definition) is 4. The number of nitrogens with zero attached hydrogens (tertiary/aromatic N) is 4. The second-order valence-corrected chi connectivity index (χ2v) is 6.18. The van der Waals surface area contributed by atoms with E-state index in [4.69, 9.17) is 16.7 Å². The number of carbonyl (C=O) groups is 1. The number of aromatic nitrogens is 3. The zero-order chi connectivity index (χ0) is 17.4. The summed E-state index contributed by atoms with van der Waals surface area (Å²) in [5.74, 6) is -0.790. The topological polar surface area (TPSA) is 91.8 Å². The van der Waals surface area contributed by atoms with Crippen LogP contribution in [0.5, 0.6) is 0 Å². The molecule has 0 aliphatic rings. The van der Waals surface area contributed by atoms with Gasteiger partial charge in [0.1, 0.15) is 18.1 Å². The summed E-state index contributed by atoms with van der Waals surface area (Å²) in [6.07, 6.45) is 5.94. The van der Waals surface area contributed by atoms with Gasteiger partial charge < -0.3 is 5.11 Å². The van der Waals surface area contributed by atoms with Gasteiger partial charge in [-0.3, -0.25) is 9.48 Å². The predicted molar refractivity (Wildman–Crippen MR) is 89.5 cm³/mol. The number of unbranched alkanes of at least 4 members (excludes halogenated alkanes) is 2. The maximum absolute atomic E-state index is 10.6. The molecule has 0 radical (unpaired) electrons. The van der Waals surface area contributed by atoms with Gasteiger partial charge in [-0.05, 0) is 30.5 Å². The van der Waals surface area contributed by atoms with E-state index < -0.39 is 11.4 Å². The van der Waals surface area contributed by atoms with Crippen LogP contribution in [0.1, 0.15) is 37.7 Å². The van der Waals surface area contributed by atoms with Crippen LogP contribution < -0.4 is 0 Å². The summed E-state index contributed by atoms with van der Waals surface area (Å²) in [4.78, 5) is 14.5. The number of carboxylic acid groups (broad SMARTS) is 1. The molecular formula is C17H19ClN4O2. The van der Waals surface area contributed by atoms with Gasteiger partial charge in [0.25, 0.3) is 0 Å². The molecule has 0 bridgehead atoms. The normalized spacial score (nSPS) is 13.2. The fourth-order valence-corrected chi connectivity index (χ4v) is 2.84. The summed E-state index contributed by atoms with van der Waals surface area (Å²) >= 11 is 5.96. The zero-order valence-electron chi connectivity index (χ0n) is 13.2. The SMILES string of the molecule is N#CC(CCCCCC(=O)O)(Cn1cncn1)c1ccc(Cl)cc1.